The molecular formula is C24H18BrNO4. The number of halogens is 1. The largest absolute Gasteiger partial charge is 0.452 e. The minimum absolute atomic E-state index is 0.136. The molecule has 0 aliphatic heterocycles. The third kappa shape index (κ3) is 3.78. The van der Waals surface area contributed by atoms with Gasteiger partial charge in [-0.25, -0.2) is 4.79 Å². The van der Waals surface area contributed by atoms with Gasteiger partial charge >= 0.3 is 5.97 Å². The van der Waals surface area contributed by atoms with E-state index in [-0.39, 0.29) is 22.5 Å². The molecule has 4 aromatic rings. The zero-order chi connectivity index (χ0) is 21.4. The van der Waals surface area contributed by atoms with Crippen LogP contribution in [0.2, 0.25) is 0 Å². The molecular weight excluding hydrogens is 446 g/mol. The van der Waals surface area contributed by atoms with Crippen molar-refractivity contribution in [3.05, 3.63) is 91.8 Å². The van der Waals surface area contributed by atoms with Gasteiger partial charge in [0.05, 0.1) is 10.9 Å². The monoisotopic (exact) mass is 463 g/mol. The second-order valence-corrected chi connectivity index (χ2v) is 8.11. The van der Waals surface area contributed by atoms with Gasteiger partial charge in [-0.3, -0.25) is 9.78 Å². The highest BCUT2D eigenvalue weighted by Gasteiger charge is 2.22. The van der Waals surface area contributed by atoms with E-state index in [1.807, 2.05) is 57.2 Å². The van der Waals surface area contributed by atoms with Gasteiger partial charge in [-0.2, -0.15) is 0 Å². The molecule has 0 bridgehead atoms. The molecule has 0 aliphatic rings. The molecule has 0 aliphatic carbocycles. The van der Waals surface area contributed by atoms with Gasteiger partial charge in [0.15, 0.2) is 5.76 Å². The summed E-state index contributed by atoms with van der Waals surface area (Å²) in [6.07, 6.45) is 2.94. The lowest BCUT2D eigenvalue weighted by atomic mass is 10.0. The zero-order valence-corrected chi connectivity index (χ0v) is 18.2. The Labute approximate surface area is 181 Å². The van der Waals surface area contributed by atoms with Crippen molar-refractivity contribution >= 4 is 32.9 Å². The first kappa shape index (κ1) is 20.0. The molecule has 0 atom stereocenters. The topological polar surface area (TPSA) is 69.4 Å². The number of hydrogen-bond donors (Lipinski definition) is 0. The molecule has 0 radical (unpaired) electrons. The summed E-state index contributed by atoms with van der Waals surface area (Å²) in [6, 6.07) is 12.8. The number of benzene rings is 2. The lowest BCUT2D eigenvalue weighted by Crippen LogP contribution is -2.17. The van der Waals surface area contributed by atoms with Crippen molar-refractivity contribution in [3.63, 3.8) is 0 Å². The van der Waals surface area contributed by atoms with E-state index in [1.54, 1.807) is 12.3 Å². The standard InChI is InChI=1S/C24H18BrNO4/c1-13-4-6-16(7-5-13)22-23(30-24(28)17-10-18(25)12-26-11-17)21(27)20-15(3)8-14(2)9-19(20)29-22/h4-12H,1-3H3. The van der Waals surface area contributed by atoms with E-state index in [0.717, 1.165) is 16.7 Å². The van der Waals surface area contributed by atoms with Gasteiger partial charge < -0.3 is 9.15 Å². The number of aromatic nitrogens is 1. The summed E-state index contributed by atoms with van der Waals surface area (Å²) in [6.45, 7) is 5.74. The molecule has 0 spiro atoms. The quantitative estimate of drug-likeness (QED) is 0.361. The lowest BCUT2D eigenvalue weighted by Gasteiger charge is -2.12. The fraction of sp³-hybridized carbons (Fsp3) is 0.125. The van der Waals surface area contributed by atoms with Gasteiger partial charge in [-0.15, -0.1) is 0 Å². The summed E-state index contributed by atoms with van der Waals surface area (Å²) in [7, 11) is 0. The third-order valence-corrected chi connectivity index (χ3v) is 5.18. The summed E-state index contributed by atoms with van der Waals surface area (Å²) in [5, 5.41) is 0.395. The highest BCUT2D eigenvalue weighted by Crippen LogP contribution is 2.33. The van der Waals surface area contributed by atoms with E-state index in [4.69, 9.17) is 9.15 Å². The van der Waals surface area contributed by atoms with Gasteiger partial charge in [0, 0.05) is 22.4 Å². The Balaban J connectivity index is 1.94. The Hall–Kier alpha value is -3.25. The van der Waals surface area contributed by atoms with E-state index < -0.39 is 5.97 Å². The van der Waals surface area contributed by atoms with Crippen LogP contribution < -0.4 is 10.2 Å². The first-order valence-electron chi connectivity index (χ1n) is 9.31. The Morgan fingerprint density at radius 1 is 1.00 bits per heavy atom. The predicted molar refractivity (Wildman–Crippen MR) is 119 cm³/mol. The highest BCUT2D eigenvalue weighted by molar-refractivity contribution is 9.10. The molecule has 0 saturated carbocycles. The fourth-order valence-electron chi connectivity index (χ4n) is 3.34. The summed E-state index contributed by atoms with van der Waals surface area (Å²) in [4.78, 5) is 30.1. The number of carbonyl (C=O) groups excluding carboxylic acids is 1. The van der Waals surface area contributed by atoms with Crippen molar-refractivity contribution in [2.24, 2.45) is 0 Å². The molecule has 2 aromatic heterocycles. The van der Waals surface area contributed by atoms with Crippen LogP contribution in [0.5, 0.6) is 5.75 Å². The number of carbonyl (C=O) groups is 1. The van der Waals surface area contributed by atoms with Crippen LogP contribution in [0, 0.1) is 20.8 Å². The lowest BCUT2D eigenvalue weighted by molar-refractivity contribution is 0.0731. The molecule has 0 N–H and O–H groups in total. The number of ether oxygens (including phenoxy) is 1. The summed E-state index contributed by atoms with van der Waals surface area (Å²) in [5.41, 5.74) is 3.73. The second kappa shape index (κ2) is 7.88. The number of hydrogen-bond acceptors (Lipinski definition) is 5. The van der Waals surface area contributed by atoms with Crippen molar-refractivity contribution in [1.29, 1.82) is 0 Å². The molecule has 0 unspecified atom stereocenters. The number of rotatable bonds is 3. The maximum Gasteiger partial charge on any atom is 0.345 e. The minimum atomic E-state index is -0.687. The third-order valence-electron chi connectivity index (χ3n) is 4.74. The number of fused-ring (bicyclic) bond motifs is 1. The van der Waals surface area contributed by atoms with E-state index in [0.29, 0.717) is 21.0 Å². The SMILES string of the molecule is Cc1ccc(-c2oc3cc(C)cc(C)c3c(=O)c2OC(=O)c2cncc(Br)c2)cc1. The molecule has 0 amide bonds. The molecule has 0 saturated heterocycles. The van der Waals surface area contributed by atoms with E-state index in [1.165, 1.54) is 6.20 Å². The smallest absolute Gasteiger partial charge is 0.345 e. The van der Waals surface area contributed by atoms with Gasteiger partial charge in [0.25, 0.3) is 0 Å². The molecule has 2 aromatic carbocycles. The molecule has 5 nitrogen and oxygen atoms in total. The molecule has 6 heteroatoms. The average molecular weight is 464 g/mol. The van der Waals surface area contributed by atoms with Crippen LogP contribution in [0.4, 0.5) is 0 Å². The van der Waals surface area contributed by atoms with Crippen molar-refractivity contribution in [1.82, 2.24) is 4.98 Å². The fourth-order valence-corrected chi connectivity index (χ4v) is 3.70. The first-order valence-corrected chi connectivity index (χ1v) is 10.1. The second-order valence-electron chi connectivity index (χ2n) is 7.19. The Bertz CT molecular complexity index is 1340. The Morgan fingerprint density at radius 2 is 1.73 bits per heavy atom. The van der Waals surface area contributed by atoms with Gasteiger partial charge in [-0.1, -0.05) is 35.9 Å². The zero-order valence-electron chi connectivity index (χ0n) is 16.7. The van der Waals surface area contributed by atoms with Crippen molar-refractivity contribution in [3.8, 4) is 17.1 Å². The van der Waals surface area contributed by atoms with Crippen LogP contribution in [-0.4, -0.2) is 11.0 Å². The normalized spacial score (nSPS) is 10.9. The molecule has 4 rings (SSSR count). The highest BCUT2D eigenvalue weighted by atomic mass is 79.9. The van der Waals surface area contributed by atoms with E-state index in [9.17, 15) is 9.59 Å². The van der Waals surface area contributed by atoms with Crippen LogP contribution in [0.15, 0.2) is 68.5 Å². The molecule has 0 fully saturated rings. The van der Waals surface area contributed by atoms with Crippen molar-refractivity contribution in [2.75, 3.05) is 0 Å². The van der Waals surface area contributed by atoms with E-state index in [2.05, 4.69) is 20.9 Å². The summed E-state index contributed by atoms with van der Waals surface area (Å²) in [5.74, 6) is -0.606. The van der Waals surface area contributed by atoms with Gasteiger partial charge in [0.2, 0.25) is 11.2 Å². The summed E-state index contributed by atoms with van der Waals surface area (Å²) < 4.78 is 12.3. The Kier molecular flexibility index (Phi) is 5.26. The molecule has 30 heavy (non-hydrogen) atoms. The predicted octanol–water partition coefficient (Wildman–Crippen LogP) is 5.76. The maximum absolute atomic E-state index is 13.4. The van der Waals surface area contributed by atoms with Gasteiger partial charge in [0.1, 0.15) is 5.58 Å². The minimum Gasteiger partial charge on any atom is -0.452 e. The summed E-state index contributed by atoms with van der Waals surface area (Å²) >= 11 is 3.29. The van der Waals surface area contributed by atoms with Crippen molar-refractivity contribution < 1.29 is 13.9 Å². The number of nitrogens with zero attached hydrogens (tertiary/aromatic N) is 1. The van der Waals surface area contributed by atoms with Crippen LogP contribution in [0.25, 0.3) is 22.3 Å². The molecule has 150 valence electrons. The van der Waals surface area contributed by atoms with Gasteiger partial charge in [-0.05, 0) is 60.0 Å². The number of aryl methyl sites for hydroxylation is 3. The van der Waals surface area contributed by atoms with Crippen LogP contribution in [0.3, 0.4) is 0 Å². The average Bonchev–Trinajstić information content (AvgIpc) is 2.70. The number of esters is 1. The van der Waals surface area contributed by atoms with Crippen LogP contribution >= 0.6 is 15.9 Å². The Morgan fingerprint density at radius 3 is 2.43 bits per heavy atom. The maximum atomic E-state index is 13.4. The van der Waals surface area contributed by atoms with Crippen LogP contribution in [0.1, 0.15) is 27.0 Å². The van der Waals surface area contributed by atoms with E-state index >= 15 is 0 Å². The molecule has 2 heterocycles. The number of pyridine rings is 1. The van der Waals surface area contributed by atoms with Crippen LogP contribution in [-0.2, 0) is 0 Å². The first-order chi connectivity index (χ1) is 14.3. The van der Waals surface area contributed by atoms with Crippen molar-refractivity contribution in [2.45, 2.75) is 20.8 Å².